The lowest BCUT2D eigenvalue weighted by Gasteiger charge is -2.13. The highest BCUT2D eigenvalue weighted by Gasteiger charge is 2.18. The van der Waals surface area contributed by atoms with Crippen molar-refractivity contribution in [3.63, 3.8) is 0 Å². The Balaban J connectivity index is 3.00. The van der Waals surface area contributed by atoms with E-state index in [1.165, 1.54) is 19.2 Å². The van der Waals surface area contributed by atoms with E-state index < -0.39 is 21.9 Å². The first-order valence-electron chi connectivity index (χ1n) is 5.90. The molecule has 1 aromatic carbocycles. The number of nitrogens with two attached hydrogens (primary N) is 1. The molecular formula is C13H17FN2O3S. The molecule has 0 aliphatic carbocycles. The van der Waals surface area contributed by atoms with Crippen molar-refractivity contribution < 1.29 is 17.5 Å². The highest BCUT2D eigenvalue weighted by atomic mass is 32.2. The maximum atomic E-state index is 13.7. The first kappa shape index (κ1) is 16.6. The van der Waals surface area contributed by atoms with Crippen molar-refractivity contribution in [2.24, 2.45) is 5.73 Å². The molecular weight excluding hydrogens is 283 g/mol. The SMILES string of the molecule is COCC(C)NS(=O)(=O)c1ccc(C#CCN)c(F)c1. The fraction of sp³-hybridized carbons (Fsp3) is 0.385. The largest absolute Gasteiger partial charge is 0.383 e. The second-order valence-corrected chi connectivity index (χ2v) is 5.84. The minimum absolute atomic E-state index is 0.107. The Kier molecular flexibility index (Phi) is 6.10. The molecule has 0 saturated heterocycles. The molecule has 20 heavy (non-hydrogen) atoms. The number of ether oxygens (including phenoxy) is 1. The predicted octanol–water partition coefficient (Wildman–Crippen LogP) is 0.449. The van der Waals surface area contributed by atoms with Gasteiger partial charge in [-0.25, -0.2) is 17.5 Å². The van der Waals surface area contributed by atoms with Crippen molar-refractivity contribution in [1.82, 2.24) is 4.72 Å². The Labute approximate surface area is 118 Å². The summed E-state index contributed by atoms with van der Waals surface area (Å²) in [5.41, 5.74) is 5.31. The fourth-order valence-electron chi connectivity index (χ4n) is 1.53. The summed E-state index contributed by atoms with van der Waals surface area (Å²) in [6, 6.07) is 3.13. The van der Waals surface area contributed by atoms with Crippen LogP contribution in [0.15, 0.2) is 23.1 Å². The molecule has 0 radical (unpaired) electrons. The number of sulfonamides is 1. The van der Waals surface area contributed by atoms with Gasteiger partial charge in [-0.15, -0.1) is 0 Å². The third kappa shape index (κ3) is 4.58. The van der Waals surface area contributed by atoms with Crippen LogP contribution >= 0.6 is 0 Å². The van der Waals surface area contributed by atoms with Gasteiger partial charge in [-0.2, -0.15) is 0 Å². The zero-order valence-corrected chi connectivity index (χ0v) is 12.1. The summed E-state index contributed by atoms with van der Waals surface area (Å²) >= 11 is 0. The Bertz CT molecular complexity index is 620. The zero-order valence-electron chi connectivity index (χ0n) is 11.3. The lowest BCUT2D eigenvalue weighted by atomic mass is 10.2. The Morgan fingerprint density at radius 2 is 2.20 bits per heavy atom. The van der Waals surface area contributed by atoms with Crippen LogP contribution in [0.1, 0.15) is 12.5 Å². The third-order valence-electron chi connectivity index (χ3n) is 2.35. The normalized spacial score (nSPS) is 12.6. The van der Waals surface area contributed by atoms with Gasteiger partial charge in [0.2, 0.25) is 10.0 Å². The summed E-state index contributed by atoms with van der Waals surface area (Å²) in [5, 5.41) is 0. The third-order valence-corrected chi connectivity index (χ3v) is 3.94. The first-order chi connectivity index (χ1) is 9.40. The van der Waals surface area contributed by atoms with Crippen LogP contribution in [0.4, 0.5) is 4.39 Å². The van der Waals surface area contributed by atoms with Crippen LogP contribution in [0.5, 0.6) is 0 Å². The molecule has 110 valence electrons. The van der Waals surface area contributed by atoms with Gasteiger partial charge in [0, 0.05) is 13.2 Å². The Hall–Kier alpha value is -1.46. The molecule has 1 rings (SSSR count). The number of methoxy groups -OCH3 is 1. The number of rotatable bonds is 5. The molecule has 0 spiro atoms. The number of nitrogens with one attached hydrogen (secondary N) is 1. The van der Waals surface area contributed by atoms with Gasteiger partial charge in [-0.1, -0.05) is 11.8 Å². The quantitative estimate of drug-likeness (QED) is 0.774. The average molecular weight is 300 g/mol. The van der Waals surface area contributed by atoms with E-state index >= 15 is 0 Å². The summed E-state index contributed by atoms with van der Waals surface area (Å²) in [6.07, 6.45) is 0. The van der Waals surface area contributed by atoms with E-state index in [0.717, 1.165) is 6.07 Å². The average Bonchev–Trinajstić information content (AvgIpc) is 2.36. The molecule has 0 aliphatic heterocycles. The molecule has 0 heterocycles. The molecule has 3 N–H and O–H groups in total. The molecule has 0 aromatic heterocycles. The lowest BCUT2D eigenvalue weighted by molar-refractivity contribution is 0.180. The smallest absolute Gasteiger partial charge is 0.240 e. The van der Waals surface area contributed by atoms with Crippen molar-refractivity contribution in [3.8, 4) is 11.8 Å². The van der Waals surface area contributed by atoms with Crippen LogP contribution in [0.25, 0.3) is 0 Å². The van der Waals surface area contributed by atoms with Gasteiger partial charge in [0.15, 0.2) is 0 Å². The monoisotopic (exact) mass is 300 g/mol. The highest BCUT2D eigenvalue weighted by molar-refractivity contribution is 7.89. The number of hydrogen-bond acceptors (Lipinski definition) is 4. The summed E-state index contributed by atoms with van der Waals surface area (Å²) in [7, 11) is -2.32. The second-order valence-electron chi connectivity index (χ2n) is 4.13. The topological polar surface area (TPSA) is 81.4 Å². The minimum Gasteiger partial charge on any atom is -0.383 e. The van der Waals surface area contributed by atoms with Crippen molar-refractivity contribution in [2.75, 3.05) is 20.3 Å². The van der Waals surface area contributed by atoms with Crippen LogP contribution in [0.2, 0.25) is 0 Å². The van der Waals surface area contributed by atoms with Crippen LogP contribution in [0, 0.1) is 17.7 Å². The van der Waals surface area contributed by atoms with E-state index in [1.54, 1.807) is 6.92 Å². The maximum absolute atomic E-state index is 13.7. The maximum Gasteiger partial charge on any atom is 0.240 e. The Morgan fingerprint density at radius 3 is 2.75 bits per heavy atom. The fourth-order valence-corrected chi connectivity index (χ4v) is 2.77. The van der Waals surface area contributed by atoms with Crippen molar-refractivity contribution in [3.05, 3.63) is 29.6 Å². The molecule has 5 nitrogen and oxygen atoms in total. The van der Waals surface area contributed by atoms with Crippen molar-refractivity contribution >= 4 is 10.0 Å². The summed E-state index contributed by atoms with van der Waals surface area (Å²) in [6.45, 7) is 1.98. The molecule has 0 aliphatic rings. The first-order valence-corrected chi connectivity index (χ1v) is 7.38. The van der Waals surface area contributed by atoms with E-state index in [1.807, 2.05) is 0 Å². The molecule has 0 bridgehead atoms. The van der Waals surface area contributed by atoms with Gasteiger partial charge in [0.05, 0.1) is 23.6 Å². The summed E-state index contributed by atoms with van der Waals surface area (Å²) in [5.74, 6) is 4.34. The number of halogens is 1. The molecule has 0 amide bonds. The highest BCUT2D eigenvalue weighted by Crippen LogP contribution is 2.14. The van der Waals surface area contributed by atoms with Gasteiger partial charge in [0.1, 0.15) is 5.82 Å². The number of hydrogen-bond donors (Lipinski definition) is 2. The molecule has 0 fully saturated rings. The van der Waals surface area contributed by atoms with Crippen molar-refractivity contribution in [1.29, 1.82) is 0 Å². The van der Waals surface area contributed by atoms with Crippen LogP contribution in [-0.4, -0.2) is 34.7 Å². The van der Waals surface area contributed by atoms with Crippen molar-refractivity contribution in [2.45, 2.75) is 17.9 Å². The molecule has 7 heteroatoms. The van der Waals surface area contributed by atoms with E-state index in [9.17, 15) is 12.8 Å². The lowest BCUT2D eigenvalue weighted by Crippen LogP contribution is -2.35. The van der Waals surface area contributed by atoms with Crippen LogP contribution in [0.3, 0.4) is 0 Å². The van der Waals surface area contributed by atoms with Gasteiger partial charge in [0.25, 0.3) is 0 Å². The van der Waals surface area contributed by atoms with E-state index in [2.05, 4.69) is 16.6 Å². The predicted molar refractivity (Wildman–Crippen MR) is 74.0 cm³/mol. The van der Waals surface area contributed by atoms with E-state index in [-0.39, 0.29) is 23.6 Å². The standard InChI is InChI=1S/C13H17FN2O3S/c1-10(9-19-2)16-20(17,18)12-6-5-11(4-3-7-15)13(14)8-12/h5-6,8,10,16H,7,9,15H2,1-2H3. The van der Waals surface area contributed by atoms with Gasteiger partial charge >= 0.3 is 0 Å². The number of benzene rings is 1. The molecule has 1 atom stereocenters. The molecule has 1 aromatic rings. The minimum atomic E-state index is -3.78. The zero-order chi connectivity index (χ0) is 15.2. The van der Waals surface area contributed by atoms with Crippen LogP contribution < -0.4 is 10.5 Å². The second kappa shape index (κ2) is 7.36. The van der Waals surface area contributed by atoms with Gasteiger partial charge in [-0.05, 0) is 25.1 Å². The van der Waals surface area contributed by atoms with E-state index in [4.69, 9.17) is 10.5 Å². The van der Waals surface area contributed by atoms with Gasteiger partial charge in [-0.3, -0.25) is 0 Å². The van der Waals surface area contributed by atoms with Crippen LogP contribution in [-0.2, 0) is 14.8 Å². The summed E-state index contributed by atoms with van der Waals surface area (Å²) < 4.78 is 45.0. The van der Waals surface area contributed by atoms with E-state index in [0.29, 0.717) is 0 Å². The van der Waals surface area contributed by atoms with Gasteiger partial charge < -0.3 is 10.5 Å². The summed E-state index contributed by atoms with van der Waals surface area (Å²) in [4.78, 5) is -0.156. The molecule has 0 saturated carbocycles. The molecule has 1 unspecified atom stereocenters. The Morgan fingerprint density at radius 1 is 1.50 bits per heavy atom.